The molecule has 120 valence electrons. The molecule has 0 amide bonds. The molecule has 0 unspecified atom stereocenters. The highest BCUT2D eigenvalue weighted by molar-refractivity contribution is 7.99. The van der Waals surface area contributed by atoms with Crippen molar-refractivity contribution < 1.29 is 0 Å². The van der Waals surface area contributed by atoms with E-state index in [0.717, 1.165) is 36.9 Å². The van der Waals surface area contributed by atoms with Gasteiger partial charge in [0.2, 0.25) is 0 Å². The smallest absolute Gasteiger partial charge is 0.197 e. The number of nitrogens with zero attached hydrogens (tertiary/aromatic N) is 6. The molecular formula is C15H19N7S. The zero-order valence-corrected chi connectivity index (χ0v) is 14.0. The molecule has 3 rings (SSSR count). The Balaban J connectivity index is 1.93. The van der Waals surface area contributed by atoms with E-state index in [9.17, 15) is 0 Å². The van der Waals surface area contributed by atoms with Crippen LogP contribution in [0.4, 0.5) is 0 Å². The second-order valence-corrected chi connectivity index (χ2v) is 6.71. The van der Waals surface area contributed by atoms with Crippen molar-refractivity contribution in [2.24, 2.45) is 0 Å². The lowest BCUT2D eigenvalue weighted by Crippen LogP contribution is -2.28. The van der Waals surface area contributed by atoms with E-state index in [0.29, 0.717) is 16.6 Å². The second kappa shape index (κ2) is 7.06. The number of piperidine rings is 1. The molecular weight excluding hydrogens is 310 g/mol. The molecule has 2 aromatic rings. The highest BCUT2D eigenvalue weighted by Gasteiger charge is 2.25. The molecule has 0 aliphatic carbocycles. The lowest BCUT2D eigenvalue weighted by atomic mass is 9.97. The van der Waals surface area contributed by atoms with Gasteiger partial charge in [-0.05, 0) is 51.5 Å². The van der Waals surface area contributed by atoms with Gasteiger partial charge in [0.15, 0.2) is 10.9 Å². The Labute approximate surface area is 139 Å². The maximum absolute atomic E-state index is 9.17. The molecule has 1 saturated heterocycles. The van der Waals surface area contributed by atoms with Gasteiger partial charge in [-0.25, -0.2) is 9.97 Å². The number of aromatic nitrogens is 5. The van der Waals surface area contributed by atoms with Gasteiger partial charge < -0.3 is 9.88 Å². The predicted octanol–water partition coefficient (Wildman–Crippen LogP) is 2.14. The molecule has 0 bridgehead atoms. The van der Waals surface area contributed by atoms with Crippen LogP contribution in [-0.4, -0.2) is 37.8 Å². The Hall–Kier alpha value is -1.98. The van der Waals surface area contributed by atoms with Crippen LogP contribution in [0.5, 0.6) is 0 Å². The van der Waals surface area contributed by atoms with E-state index in [2.05, 4.69) is 50.0 Å². The number of hydrogen-bond donors (Lipinski definition) is 1. The maximum atomic E-state index is 9.17. The summed E-state index contributed by atoms with van der Waals surface area (Å²) >= 11 is 1.36. The van der Waals surface area contributed by atoms with Crippen molar-refractivity contribution in [2.45, 2.75) is 48.8 Å². The minimum atomic E-state index is 0.250. The average Bonchev–Trinajstić information content (AvgIpc) is 3.00. The van der Waals surface area contributed by atoms with E-state index >= 15 is 0 Å². The summed E-state index contributed by atoms with van der Waals surface area (Å²) in [5.74, 6) is 1.46. The molecule has 8 heteroatoms. The molecule has 3 heterocycles. The van der Waals surface area contributed by atoms with Gasteiger partial charge in [0.25, 0.3) is 0 Å². The SMILES string of the molecule is CC(C)n1c(Sc2nccnc2C#N)nnc1C1CCNCC1. The van der Waals surface area contributed by atoms with Crippen molar-refractivity contribution in [1.82, 2.24) is 30.0 Å². The van der Waals surface area contributed by atoms with E-state index in [1.54, 1.807) is 6.20 Å². The lowest BCUT2D eigenvalue weighted by molar-refractivity contribution is 0.412. The van der Waals surface area contributed by atoms with E-state index in [1.807, 2.05) is 0 Å². The van der Waals surface area contributed by atoms with Crippen molar-refractivity contribution in [3.63, 3.8) is 0 Å². The van der Waals surface area contributed by atoms with Crippen molar-refractivity contribution in [2.75, 3.05) is 13.1 Å². The first-order valence-corrected chi connectivity index (χ1v) is 8.56. The zero-order chi connectivity index (χ0) is 16.2. The summed E-state index contributed by atoms with van der Waals surface area (Å²) in [4.78, 5) is 8.31. The third-order valence-corrected chi connectivity index (χ3v) is 4.82. The molecule has 0 spiro atoms. The van der Waals surface area contributed by atoms with Gasteiger partial charge in [-0.15, -0.1) is 10.2 Å². The number of nitriles is 1. The minimum Gasteiger partial charge on any atom is -0.317 e. The summed E-state index contributed by atoms with van der Waals surface area (Å²) in [6.45, 7) is 6.28. The number of rotatable bonds is 4. The topological polar surface area (TPSA) is 92.3 Å². The first kappa shape index (κ1) is 15.9. The molecule has 1 aliphatic heterocycles. The van der Waals surface area contributed by atoms with Crippen molar-refractivity contribution in [1.29, 1.82) is 5.26 Å². The summed E-state index contributed by atoms with van der Waals surface area (Å²) in [6, 6.07) is 2.32. The van der Waals surface area contributed by atoms with Gasteiger partial charge in [-0.1, -0.05) is 0 Å². The largest absolute Gasteiger partial charge is 0.317 e. The van der Waals surface area contributed by atoms with Crippen LogP contribution >= 0.6 is 11.8 Å². The van der Waals surface area contributed by atoms with E-state index < -0.39 is 0 Å². The van der Waals surface area contributed by atoms with Crippen LogP contribution in [0.3, 0.4) is 0 Å². The van der Waals surface area contributed by atoms with E-state index in [-0.39, 0.29) is 6.04 Å². The van der Waals surface area contributed by atoms with Gasteiger partial charge in [0.1, 0.15) is 16.9 Å². The van der Waals surface area contributed by atoms with Crippen LogP contribution in [0.2, 0.25) is 0 Å². The summed E-state index contributed by atoms with van der Waals surface area (Å²) in [5.41, 5.74) is 0.319. The Bertz CT molecular complexity index is 713. The molecule has 23 heavy (non-hydrogen) atoms. The highest BCUT2D eigenvalue weighted by Crippen LogP contribution is 2.33. The highest BCUT2D eigenvalue weighted by atomic mass is 32.2. The molecule has 0 aromatic carbocycles. The summed E-state index contributed by atoms with van der Waals surface area (Å²) < 4.78 is 2.16. The van der Waals surface area contributed by atoms with Crippen LogP contribution < -0.4 is 5.32 Å². The van der Waals surface area contributed by atoms with Gasteiger partial charge in [0, 0.05) is 24.4 Å². The Kier molecular flexibility index (Phi) is 4.88. The minimum absolute atomic E-state index is 0.250. The standard InChI is InChI=1S/C15H19N7S/c1-10(2)22-13(11-3-5-17-6-4-11)20-21-15(22)23-14-12(9-16)18-7-8-19-14/h7-8,10-11,17H,3-6H2,1-2H3. The van der Waals surface area contributed by atoms with Gasteiger partial charge in [0.05, 0.1) is 0 Å². The quantitative estimate of drug-likeness (QED) is 0.918. The molecule has 2 aromatic heterocycles. The van der Waals surface area contributed by atoms with Crippen LogP contribution in [0.25, 0.3) is 0 Å². The Morgan fingerprint density at radius 1 is 1.26 bits per heavy atom. The Morgan fingerprint density at radius 3 is 2.70 bits per heavy atom. The van der Waals surface area contributed by atoms with Gasteiger partial charge in [-0.2, -0.15) is 5.26 Å². The fourth-order valence-electron chi connectivity index (χ4n) is 2.76. The lowest BCUT2D eigenvalue weighted by Gasteiger charge is -2.24. The first-order valence-electron chi connectivity index (χ1n) is 7.75. The normalized spacial score (nSPS) is 15.7. The summed E-state index contributed by atoms with van der Waals surface area (Å²) in [7, 11) is 0. The van der Waals surface area contributed by atoms with Crippen LogP contribution in [0, 0.1) is 11.3 Å². The van der Waals surface area contributed by atoms with Crippen molar-refractivity contribution in [3.05, 3.63) is 23.9 Å². The molecule has 0 radical (unpaired) electrons. The number of hydrogen-bond acceptors (Lipinski definition) is 7. The monoisotopic (exact) mass is 329 g/mol. The van der Waals surface area contributed by atoms with Crippen LogP contribution in [-0.2, 0) is 0 Å². The zero-order valence-electron chi connectivity index (χ0n) is 13.2. The first-order chi connectivity index (χ1) is 11.2. The average molecular weight is 329 g/mol. The van der Waals surface area contributed by atoms with Crippen LogP contribution in [0.15, 0.2) is 22.6 Å². The van der Waals surface area contributed by atoms with Crippen molar-refractivity contribution in [3.8, 4) is 6.07 Å². The van der Waals surface area contributed by atoms with Gasteiger partial charge in [-0.3, -0.25) is 0 Å². The van der Waals surface area contributed by atoms with Crippen LogP contribution in [0.1, 0.15) is 50.2 Å². The second-order valence-electron chi connectivity index (χ2n) is 5.75. The fourth-order valence-corrected chi connectivity index (χ4v) is 3.73. The summed E-state index contributed by atoms with van der Waals surface area (Å²) in [6.07, 6.45) is 5.26. The summed E-state index contributed by atoms with van der Waals surface area (Å²) in [5, 5.41) is 22.7. The van der Waals surface area contributed by atoms with E-state index in [1.165, 1.54) is 18.0 Å². The van der Waals surface area contributed by atoms with Gasteiger partial charge >= 0.3 is 0 Å². The molecule has 1 fully saturated rings. The Morgan fingerprint density at radius 2 is 2.00 bits per heavy atom. The molecule has 7 nitrogen and oxygen atoms in total. The predicted molar refractivity (Wildman–Crippen MR) is 86.1 cm³/mol. The fraction of sp³-hybridized carbons (Fsp3) is 0.533. The third-order valence-electron chi connectivity index (χ3n) is 3.87. The maximum Gasteiger partial charge on any atom is 0.197 e. The molecule has 1 N–H and O–H groups in total. The van der Waals surface area contributed by atoms with Crippen molar-refractivity contribution >= 4 is 11.8 Å². The molecule has 1 aliphatic rings. The molecule has 0 atom stereocenters. The molecule has 0 saturated carbocycles. The van der Waals surface area contributed by atoms with E-state index in [4.69, 9.17) is 5.26 Å². The third kappa shape index (κ3) is 3.35. The number of nitrogens with one attached hydrogen (secondary N) is 1.